The molecule has 0 bridgehead atoms. The van der Waals surface area contributed by atoms with Crippen molar-refractivity contribution in [2.45, 2.75) is 109 Å². The average Bonchev–Trinajstić information content (AvgIpc) is 3.62. The van der Waals surface area contributed by atoms with Gasteiger partial charge in [0.1, 0.15) is 0 Å². The number of fused-ring (bicyclic) bond motifs is 2. The highest BCUT2D eigenvalue weighted by Gasteiger charge is 2.12. The first-order chi connectivity index (χ1) is 19.1. The van der Waals surface area contributed by atoms with Crippen LogP contribution in [0.2, 0.25) is 0 Å². The highest BCUT2D eigenvalue weighted by atomic mass is 15.1. The second kappa shape index (κ2) is 33.8. The molecule has 3 nitrogen and oxygen atoms in total. The summed E-state index contributed by atoms with van der Waals surface area (Å²) in [7, 11) is 6.40. The zero-order valence-electron chi connectivity index (χ0n) is 29.1. The summed E-state index contributed by atoms with van der Waals surface area (Å²) in [5, 5.41) is 1.31. The minimum Gasteiger partial charge on any atom is -0.374 e. The summed E-state index contributed by atoms with van der Waals surface area (Å²) in [4.78, 5) is 4.69. The van der Waals surface area contributed by atoms with Crippen LogP contribution in [0.3, 0.4) is 0 Å². The molecule has 2 aliphatic heterocycles. The number of aryl methyl sites for hydroxylation is 1. The summed E-state index contributed by atoms with van der Waals surface area (Å²) >= 11 is 0. The topological polar surface area (TPSA) is 11.4 Å². The van der Waals surface area contributed by atoms with E-state index in [1.807, 2.05) is 83.1 Å². The Labute approximate surface area is 246 Å². The lowest BCUT2D eigenvalue weighted by molar-refractivity contribution is 0.277. The van der Waals surface area contributed by atoms with Gasteiger partial charge in [0.2, 0.25) is 0 Å². The molecule has 0 saturated carbocycles. The minimum atomic E-state index is 1.18. The highest BCUT2D eigenvalue weighted by Crippen LogP contribution is 2.25. The molecule has 0 amide bonds. The Morgan fingerprint density at radius 1 is 0.513 bits per heavy atom. The number of benzene rings is 2. The standard InChI is InChI=1S/C9H11N.C9H9N.C6H13N.6C2H6/c2*1-10-7-6-8-4-2-3-5-9(8)10;1-7-5-3-2-4-6-7;6*1-2/h2-5H,6-7H2,1H3;2-7H,1H3;2-6H2,1H3;6*1-2H3. The number of likely N-dealkylation sites (N-methyl/N-ethyl adjacent to an activating group) is 1. The molecule has 0 atom stereocenters. The van der Waals surface area contributed by atoms with Crippen molar-refractivity contribution in [3.8, 4) is 0 Å². The molecular formula is C36H69N3. The van der Waals surface area contributed by atoms with Gasteiger partial charge in [-0.25, -0.2) is 0 Å². The van der Waals surface area contributed by atoms with E-state index >= 15 is 0 Å². The molecule has 3 heterocycles. The Bertz CT molecular complexity index is 832. The van der Waals surface area contributed by atoms with E-state index in [0.29, 0.717) is 0 Å². The molecule has 5 rings (SSSR count). The Balaban J connectivity index is -0.000000199. The van der Waals surface area contributed by atoms with E-state index in [4.69, 9.17) is 0 Å². The third-order valence-corrected chi connectivity index (χ3v) is 5.49. The van der Waals surface area contributed by atoms with Crippen molar-refractivity contribution in [1.29, 1.82) is 0 Å². The van der Waals surface area contributed by atoms with E-state index in [1.54, 1.807) is 0 Å². The zero-order valence-corrected chi connectivity index (χ0v) is 29.1. The van der Waals surface area contributed by atoms with Gasteiger partial charge in [-0.05, 0) is 68.5 Å². The highest BCUT2D eigenvalue weighted by molar-refractivity contribution is 5.79. The summed E-state index contributed by atoms with van der Waals surface area (Å²) in [5.74, 6) is 0. The molecule has 39 heavy (non-hydrogen) atoms. The first-order valence-corrected chi connectivity index (χ1v) is 16.1. The Morgan fingerprint density at radius 3 is 1.46 bits per heavy atom. The third-order valence-electron chi connectivity index (χ3n) is 5.49. The van der Waals surface area contributed by atoms with Crippen molar-refractivity contribution in [1.82, 2.24) is 9.47 Å². The molecule has 1 fully saturated rings. The quantitative estimate of drug-likeness (QED) is 0.279. The number of hydrogen-bond acceptors (Lipinski definition) is 2. The maximum atomic E-state index is 2.39. The van der Waals surface area contributed by atoms with Crippen LogP contribution in [0.5, 0.6) is 0 Å². The van der Waals surface area contributed by atoms with Crippen LogP contribution < -0.4 is 4.90 Å². The van der Waals surface area contributed by atoms with Crippen LogP contribution in [0.4, 0.5) is 5.69 Å². The lowest BCUT2D eigenvalue weighted by Crippen LogP contribution is -2.24. The van der Waals surface area contributed by atoms with Gasteiger partial charge in [0, 0.05) is 38.0 Å². The van der Waals surface area contributed by atoms with Crippen molar-refractivity contribution in [3.05, 3.63) is 66.4 Å². The van der Waals surface area contributed by atoms with Crippen molar-refractivity contribution in [2.75, 3.05) is 38.6 Å². The predicted molar refractivity (Wildman–Crippen MR) is 186 cm³/mol. The molecule has 2 aromatic carbocycles. The Morgan fingerprint density at radius 2 is 1.00 bits per heavy atom. The van der Waals surface area contributed by atoms with Crippen LogP contribution in [0.15, 0.2) is 60.8 Å². The van der Waals surface area contributed by atoms with Crippen molar-refractivity contribution in [2.24, 2.45) is 7.05 Å². The van der Waals surface area contributed by atoms with Crippen LogP contribution in [0, 0.1) is 0 Å². The van der Waals surface area contributed by atoms with Crippen LogP contribution in [-0.2, 0) is 13.5 Å². The number of likely N-dealkylation sites (tertiary alicyclic amines) is 1. The first-order valence-electron chi connectivity index (χ1n) is 16.1. The maximum Gasteiger partial charge on any atom is 0.0477 e. The van der Waals surface area contributed by atoms with Crippen LogP contribution in [0.1, 0.15) is 108 Å². The second-order valence-electron chi connectivity index (χ2n) is 7.65. The van der Waals surface area contributed by atoms with E-state index in [0.717, 1.165) is 0 Å². The van der Waals surface area contributed by atoms with Gasteiger partial charge in [0.25, 0.3) is 0 Å². The van der Waals surface area contributed by atoms with Gasteiger partial charge >= 0.3 is 0 Å². The smallest absolute Gasteiger partial charge is 0.0477 e. The molecular weight excluding hydrogens is 474 g/mol. The first kappa shape index (κ1) is 43.8. The van der Waals surface area contributed by atoms with Crippen molar-refractivity contribution < 1.29 is 0 Å². The number of aromatic nitrogens is 1. The molecule has 1 aromatic heterocycles. The summed E-state index contributed by atoms with van der Waals surface area (Å²) in [6.07, 6.45) is 7.56. The van der Waals surface area contributed by atoms with E-state index in [9.17, 15) is 0 Å². The van der Waals surface area contributed by atoms with E-state index in [1.165, 1.54) is 67.5 Å². The molecule has 3 heteroatoms. The van der Waals surface area contributed by atoms with Crippen LogP contribution >= 0.6 is 0 Å². The summed E-state index contributed by atoms with van der Waals surface area (Å²) < 4.78 is 2.12. The van der Waals surface area contributed by atoms with Gasteiger partial charge < -0.3 is 14.4 Å². The SMILES string of the molecule is CC.CC.CC.CC.CC.CC.CN1CCCCC1.CN1CCc2ccccc21.Cn1ccc2ccccc21. The summed E-state index contributed by atoms with van der Waals surface area (Å²) in [6, 6.07) is 19.1. The van der Waals surface area contributed by atoms with Crippen LogP contribution in [-0.4, -0.2) is 43.2 Å². The van der Waals surface area contributed by atoms with E-state index < -0.39 is 0 Å². The van der Waals surface area contributed by atoms with E-state index in [2.05, 4.69) is 96.3 Å². The Kier molecular flexibility index (Phi) is 37.9. The molecule has 1 saturated heterocycles. The number of rotatable bonds is 0. The second-order valence-corrected chi connectivity index (χ2v) is 7.65. The van der Waals surface area contributed by atoms with Crippen molar-refractivity contribution >= 4 is 16.6 Å². The Hall–Kier alpha value is -2.26. The summed E-state index contributed by atoms with van der Waals surface area (Å²) in [5.41, 5.74) is 4.19. The summed E-state index contributed by atoms with van der Waals surface area (Å²) in [6.45, 7) is 27.8. The molecule has 0 radical (unpaired) electrons. The lowest BCUT2D eigenvalue weighted by atomic mass is 10.1. The van der Waals surface area contributed by atoms with Gasteiger partial charge in [0.05, 0.1) is 0 Å². The fourth-order valence-corrected chi connectivity index (χ4v) is 3.78. The molecule has 0 spiro atoms. The zero-order chi connectivity index (χ0) is 31.1. The monoisotopic (exact) mass is 544 g/mol. The lowest BCUT2D eigenvalue weighted by Gasteiger charge is -2.20. The fourth-order valence-electron chi connectivity index (χ4n) is 3.78. The predicted octanol–water partition coefficient (Wildman–Crippen LogP) is 11.1. The average molecular weight is 544 g/mol. The van der Waals surface area contributed by atoms with Crippen LogP contribution in [0.25, 0.3) is 10.9 Å². The number of para-hydroxylation sites is 2. The molecule has 0 unspecified atom stereocenters. The largest absolute Gasteiger partial charge is 0.374 e. The number of anilines is 1. The van der Waals surface area contributed by atoms with Gasteiger partial charge in [-0.1, -0.05) is 126 Å². The number of nitrogens with zero attached hydrogens (tertiary/aromatic N) is 3. The molecule has 228 valence electrons. The molecule has 0 N–H and O–H groups in total. The fraction of sp³-hybridized carbons (Fsp3) is 0.611. The third kappa shape index (κ3) is 19.4. The maximum absolute atomic E-state index is 2.39. The van der Waals surface area contributed by atoms with Crippen molar-refractivity contribution in [3.63, 3.8) is 0 Å². The van der Waals surface area contributed by atoms with Gasteiger partial charge in [-0.3, -0.25) is 0 Å². The van der Waals surface area contributed by atoms with Gasteiger partial charge in [0.15, 0.2) is 0 Å². The molecule has 3 aromatic rings. The van der Waals surface area contributed by atoms with Gasteiger partial charge in [-0.15, -0.1) is 0 Å². The van der Waals surface area contributed by atoms with Gasteiger partial charge in [-0.2, -0.15) is 0 Å². The molecule has 2 aliphatic rings. The number of hydrogen-bond donors (Lipinski definition) is 0. The number of piperidine rings is 1. The normalized spacial score (nSPS) is 12.1. The minimum absolute atomic E-state index is 1.18. The molecule has 0 aliphatic carbocycles. The van der Waals surface area contributed by atoms with E-state index in [-0.39, 0.29) is 0 Å².